The number of H-pyrrole nitrogens is 2. The van der Waals surface area contributed by atoms with E-state index in [9.17, 15) is 24.3 Å². The third-order valence-corrected chi connectivity index (χ3v) is 12.8. The number of benzene rings is 5. The average Bonchev–Trinajstić information content (AvgIpc) is 4.11. The normalized spacial score (nSPS) is 19.8. The molecule has 2 aromatic heterocycles. The number of hydrogen-bond donors (Lipinski definition) is 5. The highest BCUT2D eigenvalue weighted by molar-refractivity contribution is 6.07. The molecule has 0 bridgehead atoms. The zero-order valence-electron chi connectivity index (χ0n) is 36.4. The Balaban J connectivity index is 0.998. The molecule has 0 radical (unpaired) electrons. The van der Waals surface area contributed by atoms with E-state index in [2.05, 4.69) is 76.1 Å². The quantitative estimate of drug-likeness (QED) is 0.0851. The monoisotopic (exact) mass is 864 g/mol. The van der Waals surface area contributed by atoms with Crippen LogP contribution in [0.2, 0.25) is 0 Å². The summed E-state index contributed by atoms with van der Waals surface area (Å²) in [6.07, 6.45) is -0.555. The van der Waals surface area contributed by atoms with Gasteiger partial charge in [0.1, 0.15) is 23.7 Å². The van der Waals surface area contributed by atoms with Crippen molar-refractivity contribution in [2.24, 2.45) is 17.8 Å². The van der Waals surface area contributed by atoms with Crippen LogP contribution in [-0.2, 0) is 19.1 Å². The second kappa shape index (κ2) is 17.3. The van der Waals surface area contributed by atoms with E-state index in [-0.39, 0.29) is 41.7 Å². The van der Waals surface area contributed by atoms with Gasteiger partial charge in [-0.3, -0.25) is 9.59 Å². The molecule has 5 N–H and O–H groups in total. The molecule has 4 heterocycles. The average molecular weight is 865 g/mol. The van der Waals surface area contributed by atoms with E-state index in [1.165, 1.54) is 7.11 Å². The molecule has 64 heavy (non-hydrogen) atoms. The number of amides is 4. The molecule has 6 atom stereocenters. The van der Waals surface area contributed by atoms with Gasteiger partial charge in [-0.15, -0.1) is 0 Å². The molecule has 15 nitrogen and oxygen atoms in total. The van der Waals surface area contributed by atoms with Crippen LogP contribution in [0, 0.1) is 17.8 Å². The van der Waals surface area contributed by atoms with Crippen LogP contribution in [0.15, 0.2) is 91.0 Å². The van der Waals surface area contributed by atoms with E-state index < -0.39 is 24.3 Å². The van der Waals surface area contributed by atoms with E-state index in [0.717, 1.165) is 61.2 Å². The van der Waals surface area contributed by atoms with Crippen molar-refractivity contribution >= 4 is 67.6 Å². The van der Waals surface area contributed by atoms with Crippen molar-refractivity contribution in [2.75, 3.05) is 33.9 Å². The number of aromatic amines is 2. The molecule has 2 aliphatic rings. The summed E-state index contributed by atoms with van der Waals surface area (Å²) in [5, 5.41) is 18.6. The summed E-state index contributed by atoms with van der Waals surface area (Å²) in [6, 6.07) is 27.6. The van der Waals surface area contributed by atoms with Gasteiger partial charge in [0.25, 0.3) is 5.91 Å². The number of alkyl carbamates (subject to hydrolysis) is 1. The SMILES string of the molecule is COC[C@H]1C[C@@H](c2nc3c(ccc4cc(-c5ccc6c(ccc7[nH]c([C@@H]8C[C@H](C)CN8C(=O)C(NC(=O)O)C(C)C)nc76)c5)ccc43)[nH]2)N(C(=O)C(NC(=O)OC)c2ccccc2)C1. The minimum absolute atomic E-state index is 0.0682. The van der Waals surface area contributed by atoms with E-state index in [0.29, 0.717) is 43.3 Å². The van der Waals surface area contributed by atoms with Gasteiger partial charge in [0.05, 0.1) is 47.9 Å². The number of carboxylic acid groups (broad SMARTS) is 1. The van der Waals surface area contributed by atoms with Crippen molar-refractivity contribution in [1.82, 2.24) is 40.4 Å². The molecule has 7 aromatic rings. The van der Waals surface area contributed by atoms with Crippen molar-refractivity contribution in [3.8, 4) is 11.1 Å². The molecule has 4 amide bonds. The van der Waals surface area contributed by atoms with Gasteiger partial charge in [-0.25, -0.2) is 19.6 Å². The standard InChI is InChI=1S/C49H52N8O7/c1-26(2)40(54-48(60)61)46(58)56-23-27(3)19-38(56)44-50-36-17-13-32-21-30(11-15-34(32)42(36)52-44)31-12-16-35-33(22-31)14-18-37-43(35)53-45(51-37)39-20-28(25-63-4)24-57(39)47(59)41(55-49(62)64-5)29-9-7-6-8-10-29/h6-18,21-22,26-28,38-41,54H,19-20,23-25H2,1-5H3,(H,50,52)(H,51,53)(H,55,62)(H,60,61)/t27-,28-,38-,39-,40?,41?/m0/s1. The van der Waals surface area contributed by atoms with Crippen molar-refractivity contribution in [3.05, 3.63) is 108 Å². The van der Waals surface area contributed by atoms with Gasteiger partial charge in [-0.05, 0) is 76.4 Å². The van der Waals surface area contributed by atoms with Crippen LogP contribution in [0.1, 0.15) is 69.0 Å². The molecule has 2 fully saturated rings. The lowest BCUT2D eigenvalue weighted by Gasteiger charge is -2.29. The number of aromatic nitrogens is 4. The molecule has 330 valence electrons. The Hall–Kier alpha value is -7.00. The van der Waals surface area contributed by atoms with Gasteiger partial charge in [0.15, 0.2) is 0 Å². The van der Waals surface area contributed by atoms with Crippen LogP contribution in [-0.4, -0.2) is 98.8 Å². The fraction of sp³-hybridized carbons (Fsp3) is 0.347. The van der Waals surface area contributed by atoms with Crippen LogP contribution < -0.4 is 10.6 Å². The molecular weight excluding hydrogens is 813 g/mol. The largest absolute Gasteiger partial charge is 0.465 e. The second-order valence-electron chi connectivity index (χ2n) is 17.6. The topological polar surface area (TPSA) is 195 Å². The molecule has 5 aromatic carbocycles. The number of fused-ring (bicyclic) bond motifs is 6. The summed E-state index contributed by atoms with van der Waals surface area (Å²) in [7, 11) is 2.93. The Labute approximate surface area is 369 Å². The molecule has 2 saturated heterocycles. The number of likely N-dealkylation sites (tertiary alicyclic amines) is 2. The molecule has 0 saturated carbocycles. The number of carbonyl (C=O) groups excluding carboxylic acids is 3. The Bertz CT molecular complexity index is 2910. The van der Waals surface area contributed by atoms with Crippen LogP contribution in [0.4, 0.5) is 9.59 Å². The van der Waals surface area contributed by atoms with E-state index in [1.807, 2.05) is 56.3 Å². The highest BCUT2D eigenvalue weighted by atomic mass is 16.5. The summed E-state index contributed by atoms with van der Waals surface area (Å²) >= 11 is 0. The Kier molecular flexibility index (Phi) is 11.4. The van der Waals surface area contributed by atoms with E-state index >= 15 is 0 Å². The molecule has 0 spiro atoms. The first-order valence-corrected chi connectivity index (χ1v) is 21.7. The van der Waals surface area contributed by atoms with E-state index in [4.69, 9.17) is 19.4 Å². The summed E-state index contributed by atoms with van der Waals surface area (Å²) < 4.78 is 10.4. The van der Waals surface area contributed by atoms with Crippen molar-refractivity contribution in [1.29, 1.82) is 0 Å². The first kappa shape index (κ1) is 42.3. The number of hydrogen-bond acceptors (Lipinski definition) is 8. The summed E-state index contributed by atoms with van der Waals surface area (Å²) in [4.78, 5) is 72.9. The Morgan fingerprint density at radius 1 is 0.750 bits per heavy atom. The predicted molar refractivity (Wildman–Crippen MR) is 243 cm³/mol. The Morgan fingerprint density at radius 2 is 1.33 bits per heavy atom. The minimum atomic E-state index is -1.22. The summed E-state index contributed by atoms with van der Waals surface area (Å²) in [5.74, 6) is 0.951. The fourth-order valence-corrected chi connectivity index (χ4v) is 9.75. The smallest absolute Gasteiger partial charge is 0.407 e. The maximum Gasteiger partial charge on any atom is 0.407 e. The highest BCUT2D eigenvalue weighted by Crippen LogP contribution is 2.40. The number of carbonyl (C=O) groups is 4. The van der Waals surface area contributed by atoms with Crippen molar-refractivity contribution in [3.63, 3.8) is 0 Å². The number of rotatable bonds is 11. The number of imidazole rings is 2. The lowest BCUT2D eigenvalue weighted by atomic mass is 9.98. The van der Waals surface area contributed by atoms with Gasteiger partial charge >= 0.3 is 12.2 Å². The van der Waals surface area contributed by atoms with Gasteiger partial charge < -0.3 is 45.0 Å². The van der Waals surface area contributed by atoms with Gasteiger partial charge in [0, 0.05) is 36.9 Å². The molecular formula is C49H52N8O7. The van der Waals surface area contributed by atoms with E-state index in [1.54, 1.807) is 16.9 Å². The lowest BCUT2D eigenvalue weighted by molar-refractivity contribution is -0.136. The zero-order chi connectivity index (χ0) is 44.8. The molecule has 2 aliphatic heterocycles. The van der Waals surface area contributed by atoms with Crippen molar-refractivity contribution < 1.29 is 33.8 Å². The summed E-state index contributed by atoms with van der Waals surface area (Å²) in [5.41, 5.74) is 6.07. The maximum absolute atomic E-state index is 14.4. The first-order valence-electron chi connectivity index (χ1n) is 21.7. The minimum Gasteiger partial charge on any atom is -0.465 e. The van der Waals surface area contributed by atoms with Gasteiger partial charge in [-0.2, -0.15) is 0 Å². The van der Waals surface area contributed by atoms with Gasteiger partial charge in [-0.1, -0.05) is 87.5 Å². The molecule has 15 heteroatoms. The molecule has 0 aliphatic carbocycles. The van der Waals surface area contributed by atoms with Gasteiger partial charge in [0.2, 0.25) is 5.91 Å². The second-order valence-corrected chi connectivity index (χ2v) is 17.6. The fourth-order valence-electron chi connectivity index (χ4n) is 9.75. The number of nitrogens with one attached hydrogen (secondary N) is 4. The third-order valence-electron chi connectivity index (χ3n) is 12.8. The zero-order valence-corrected chi connectivity index (χ0v) is 36.4. The van der Waals surface area contributed by atoms with Crippen molar-refractivity contribution in [2.45, 2.75) is 57.8 Å². The molecule has 9 rings (SSSR count). The number of ether oxygens (including phenoxy) is 2. The Morgan fingerprint density at radius 3 is 1.88 bits per heavy atom. The highest BCUT2D eigenvalue weighted by Gasteiger charge is 2.42. The van der Waals surface area contributed by atoms with Crippen LogP contribution in [0.5, 0.6) is 0 Å². The summed E-state index contributed by atoms with van der Waals surface area (Å²) in [6.45, 7) is 7.22. The predicted octanol–water partition coefficient (Wildman–Crippen LogP) is 8.25. The lowest BCUT2D eigenvalue weighted by Crippen LogP contribution is -2.50. The number of nitrogens with zero attached hydrogens (tertiary/aromatic N) is 4. The van der Waals surface area contributed by atoms with Crippen LogP contribution in [0.3, 0.4) is 0 Å². The maximum atomic E-state index is 14.4. The number of methoxy groups -OCH3 is 2. The van der Waals surface area contributed by atoms with Crippen LogP contribution >= 0.6 is 0 Å². The third kappa shape index (κ3) is 7.95. The molecule has 2 unspecified atom stereocenters. The van der Waals surface area contributed by atoms with Crippen LogP contribution in [0.25, 0.3) is 54.7 Å². The first-order chi connectivity index (χ1) is 30.9.